The van der Waals surface area contributed by atoms with Crippen LogP contribution in [0.3, 0.4) is 0 Å². The van der Waals surface area contributed by atoms with Crippen molar-refractivity contribution in [1.82, 2.24) is 9.80 Å². The number of aliphatic hydroxyl groups excluding tert-OH is 1. The van der Waals surface area contributed by atoms with Gasteiger partial charge in [-0.25, -0.2) is 0 Å². The second kappa shape index (κ2) is 14.7. The number of benzene rings is 2. The van der Waals surface area contributed by atoms with Crippen molar-refractivity contribution < 1.29 is 28.9 Å². The highest BCUT2D eigenvalue weighted by atomic mass is 16.5. The predicted octanol–water partition coefficient (Wildman–Crippen LogP) is 4.96. The molecule has 40 heavy (non-hydrogen) atoms. The molecule has 2 aliphatic heterocycles. The molecule has 2 aliphatic rings. The van der Waals surface area contributed by atoms with Crippen molar-refractivity contribution in [2.45, 2.75) is 38.6 Å². The Morgan fingerprint density at radius 3 is 2.55 bits per heavy atom. The number of amides is 1. The highest BCUT2D eigenvalue weighted by Crippen LogP contribution is 2.41. The molecule has 0 aromatic heterocycles. The van der Waals surface area contributed by atoms with Crippen LogP contribution in [-0.4, -0.2) is 79.7 Å². The van der Waals surface area contributed by atoms with Gasteiger partial charge < -0.3 is 24.2 Å². The summed E-state index contributed by atoms with van der Waals surface area (Å²) in [6.45, 7) is 7.01. The Labute approximate surface area is 236 Å². The molecule has 1 N–H and O–H groups in total. The van der Waals surface area contributed by atoms with Crippen LogP contribution in [0.25, 0.3) is 6.08 Å². The van der Waals surface area contributed by atoms with Gasteiger partial charge in [-0.1, -0.05) is 62.2 Å². The highest BCUT2D eigenvalue weighted by molar-refractivity contribution is 6.14. The molecule has 2 heterocycles. The fraction of sp³-hybridized carbons (Fsp3) is 0.438. The fourth-order valence-corrected chi connectivity index (χ4v) is 5.11. The van der Waals surface area contributed by atoms with Gasteiger partial charge in [0.1, 0.15) is 0 Å². The van der Waals surface area contributed by atoms with Gasteiger partial charge in [-0.15, -0.1) is 0 Å². The smallest absolute Gasteiger partial charge is 0.290 e. The fourth-order valence-electron chi connectivity index (χ4n) is 5.11. The van der Waals surface area contributed by atoms with E-state index >= 15 is 0 Å². The minimum Gasteiger partial charge on any atom is -0.503 e. The maximum atomic E-state index is 13.5. The van der Waals surface area contributed by atoms with Crippen LogP contribution in [0.2, 0.25) is 0 Å². The van der Waals surface area contributed by atoms with Crippen LogP contribution in [0.1, 0.15) is 49.8 Å². The third kappa shape index (κ3) is 7.31. The van der Waals surface area contributed by atoms with E-state index < -0.39 is 23.5 Å². The van der Waals surface area contributed by atoms with Gasteiger partial charge in [0.05, 0.1) is 38.5 Å². The van der Waals surface area contributed by atoms with E-state index in [4.69, 9.17) is 14.2 Å². The molecule has 0 spiro atoms. The molecule has 0 radical (unpaired) electrons. The van der Waals surface area contributed by atoms with Gasteiger partial charge in [-0.3, -0.25) is 14.5 Å². The van der Waals surface area contributed by atoms with Crippen LogP contribution in [0.5, 0.6) is 11.5 Å². The Kier molecular flexibility index (Phi) is 10.8. The summed E-state index contributed by atoms with van der Waals surface area (Å²) in [5.74, 6) is -0.321. The summed E-state index contributed by atoms with van der Waals surface area (Å²) in [6, 6.07) is 14.2. The molecule has 0 bridgehead atoms. The largest absolute Gasteiger partial charge is 0.503 e. The van der Waals surface area contributed by atoms with Gasteiger partial charge in [0.15, 0.2) is 23.0 Å². The molecule has 2 aromatic rings. The molecule has 2 aromatic carbocycles. The number of morpholine rings is 1. The third-order valence-corrected chi connectivity index (χ3v) is 7.28. The van der Waals surface area contributed by atoms with Crippen molar-refractivity contribution >= 4 is 17.8 Å². The number of hydrogen-bond donors (Lipinski definition) is 1. The number of carbonyl (C=O) groups is 2. The molecule has 1 amide bonds. The zero-order valence-corrected chi connectivity index (χ0v) is 23.5. The topological polar surface area (TPSA) is 88.5 Å². The van der Waals surface area contributed by atoms with E-state index in [2.05, 4.69) is 11.8 Å². The van der Waals surface area contributed by atoms with Gasteiger partial charge >= 0.3 is 0 Å². The summed E-state index contributed by atoms with van der Waals surface area (Å²) in [5.41, 5.74) is 1.60. The van der Waals surface area contributed by atoms with Crippen molar-refractivity contribution in [2.75, 3.05) is 53.1 Å². The van der Waals surface area contributed by atoms with Crippen molar-refractivity contribution in [3.63, 3.8) is 0 Å². The van der Waals surface area contributed by atoms with E-state index in [1.54, 1.807) is 24.2 Å². The lowest BCUT2D eigenvalue weighted by atomic mass is 9.95. The normalized spacial score (nSPS) is 18.1. The van der Waals surface area contributed by atoms with E-state index in [9.17, 15) is 14.7 Å². The predicted molar refractivity (Wildman–Crippen MR) is 154 cm³/mol. The second-order valence-corrected chi connectivity index (χ2v) is 10.0. The number of allylic oxidation sites excluding steroid dienone is 1. The summed E-state index contributed by atoms with van der Waals surface area (Å²) >= 11 is 0. The van der Waals surface area contributed by atoms with Gasteiger partial charge in [0, 0.05) is 26.2 Å². The summed E-state index contributed by atoms with van der Waals surface area (Å²) in [6.07, 6.45) is 6.93. The zero-order valence-electron chi connectivity index (χ0n) is 23.5. The molecule has 1 fully saturated rings. The molecule has 4 rings (SSSR count). The minimum absolute atomic E-state index is 0.0715. The lowest BCUT2D eigenvalue weighted by Gasteiger charge is -2.30. The Hall–Kier alpha value is -3.62. The average Bonchev–Trinajstić information content (AvgIpc) is 3.24. The summed E-state index contributed by atoms with van der Waals surface area (Å²) in [7, 11) is 1.57. The minimum atomic E-state index is -0.742. The number of unbranched alkanes of at least 4 members (excludes halogenated alkanes) is 2. The number of aliphatic hydroxyl groups is 1. The van der Waals surface area contributed by atoms with Crippen LogP contribution in [0.4, 0.5) is 0 Å². The van der Waals surface area contributed by atoms with E-state index in [0.717, 1.165) is 44.5 Å². The monoisotopic (exact) mass is 548 g/mol. The number of hydrogen-bond acceptors (Lipinski definition) is 7. The summed E-state index contributed by atoms with van der Waals surface area (Å²) in [5, 5.41) is 11.0. The first-order chi connectivity index (χ1) is 19.5. The number of rotatable bonds is 14. The number of ether oxygens (including phenoxy) is 3. The second-order valence-electron chi connectivity index (χ2n) is 10.0. The summed E-state index contributed by atoms with van der Waals surface area (Å²) < 4.78 is 17.0. The molecule has 1 unspecified atom stereocenters. The van der Waals surface area contributed by atoms with Crippen LogP contribution in [-0.2, 0) is 14.3 Å². The molecule has 8 nitrogen and oxygen atoms in total. The standard InChI is InChI=1S/C32H40N2O6/c1-3-4-8-20-40-27-15-13-25(23-28(27)38-2)30-29(26(35)14-12-24-10-6-5-7-11-24)31(36)32(37)34(30)17-9-16-33-18-21-39-22-19-33/h5-7,10-15,23,30,36H,3-4,8-9,16-22H2,1-2H3/b14-12+. The number of nitrogens with zero attached hydrogens (tertiary/aromatic N) is 2. The van der Waals surface area contributed by atoms with Gasteiger partial charge in [0.25, 0.3) is 5.91 Å². The quantitative estimate of drug-likeness (QED) is 0.264. The molecular formula is C32H40N2O6. The van der Waals surface area contributed by atoms with E-state index in [0.29, 0.717) is 49.8 Å². The molecule has 0 saturated carbocycles. The average molecular weight is 549 g/mol. The Morgan fingerprint density at radius 2 is 1.82 bits per heavy atom. The Bertz CT molecular complexity index is 1200. The highest BCUT2D eigenvalue weighted by Gasteiger charge is 2.43. The zero-order chi connectivity index (χ0) is 28.3. The number of ketones is 1. The van der Waals surface area contributed by atoms with E-state index in [-0.39, 0.29) is 5.57 Å². The molecule has 8 heteroatoms. The number of methoxy groups -OCH3 is 1. The summed E-state index contributed by atoms with van der Waals surface area (Å²) in [4.78, 5) is 30.7. The van der Waals surface area contributed by atoms with E-state index in [1.165, 1.54) is 6.08 Å². The first-order valence-electron chi connectivity index (χ1n) is 14.2. The van der Waals surface area contributed by atoms with Crippen molar-refractivity contribution in [3.8, 4) is 11.5 Å². The van der Waals surface area contributed by atoms with Crippen molar-refractivity contribution in [2.24, 2.45) is 0 Å². The van der Waals surface area contributed by atoms with Gasteiger partial charge in [-0.2, -0.15) is 0 Å². The van der Waals surface area contributed by atoms with Crippen molar-refractivity contribution in [3.05, 3.63) is 77.1 Å². The van der Waals surface area contributed by atoms with Crippen LogP contribution >= 0.6 is 0 Å². The maximum Gasteiger partial charge on any atom is 0.290 e. The maximum absolute atomic E-state index is 13.5. The lowest BCUT2D eigenvalue weighted by molar-refractivity contribution is -0.129. The van der Waals surface area contributed by atoms with E-state index in [1.807, 2.05) is 42.5 Å². The lowest BCUT2D eigenvalue weighted by Crippen LogP contribution is -2.39. The molecule has 0 aliphatic carbocycles. The molecule has 1 saturated heterocycles. The van der Waals surface area contributed by atoms with Crippen LogP contribution < -0.4 is 9.47 Å². The van der Waals surface area contributed by atoms with Gasteiger partial charge in [0.2, 0.25) is 0 Å². The van der Waals surface area contributed by atoms with Gasteiger partial charge in [-0.05, 0) is 42.2 Å². The Balaban J connectivity index is 1.60. The SMILES string of the molecule is CCCCCOc1ccc(C2C(C(=O)/C=C/c3ccccc3)=C(O)C(=O)N2CCCN2CCOCC2)cc1OC. The molecule has 1 atom stereocenters. The first kappa shape index (κ1) is 29.4. The number of carbonyl (C=O) groups excluding carboxylic acids is 2. The van der Waals surface area contributed by atoms with Crippen molar-refractivity contribution in [1.29, 1.82) is 0 Å². The Morgan fingerprint density at radius 1 is 1.05 bits per heavy atom. The first-order valence-corrected chi connectivity index (χ1v) is 14.2. The third-order valence-electron chi connectivity index (χ3n) is 7.28. The molecule has 214 valence electrons. The molecular weight excluding hydrogens is 508 g/mol. The van der Waals surface area contributed by atoms with Crippen LogP contribution in [0.15, 0.2) is 65.9 Å². The van der Waals surface area contributed by atoms with Crippen LogP contribution in [0, 0.1) is 0 Å².